The highest BCUT2D eigenvalue weighted by Gasteiger charge is 2.58. The van der Waals surface area contributed by atoms with E-state index in [1.165, 1.54) is 21.0 Å². The number of guanidine groups is 1. The molecule has 0 aromatic rings. The number of nitrogens with one attached hydrogen (secondary N) is 3. The number of methoxy groups -OCH3 is 1. The summed E-state index contributed by atoms with van der Waals surface area (Å²) in [5.74, 6) is -1.22. The molecule has 4 N–H and O–H groups in total. The molecule has 0 saturated carbocycles. The van der Waals surface area contributed by atoms with Crippen molar-refractivity contribution in [1.29, 1.82) is 0 Å². The van der Waals surface area contributed by atoms with Crippen molar-refractivity contribution in [3.8, 4) is 0 Å². The molecule has 2 atom stereocenters. The number of hydrogen-bond acceptors (Lipinski definition) is 8. The Hall–Kier alpha value is -2.86. The maximum atomic E-state index is 12.9. The van der Waals surface area contributed by atoms with Gasteiger partial charge in [-0.2, -0.15) is 26.3 Å². The standard InChI is InChI=1S/C25H42F6N4O8/c1-21(2,3)42-19(38)34-18(35-20(39)43-22(4,5)6)32-12-10-11-14(33-17(37)23(7,8)40-9)15(36)13-41-16(24(26,27)28)25(29,30)31/h14-16,36H,10-13H2,1-9H3,(H,33,37)(H2,32,34,35,38,39). The van der Waals surface area contributed by atoms with Crippen molar-refractivity contribution in [1.82, 2.24) is 16.0 Å². The van der Waals surface area contributed by atoms with E-state index in [4.69, 9.17) is 14.2 Å². The van der Waals surface area contributed by atoms with Gasteiger partial charge in [-0.1, -0.05) is 0 Å². The molecule has 0 rings (SSSR count). The van der Waals surface area contributed by atoms with Crippen LogP contribution in [0.2, 0.25) is 0 Å². The second kappa shape index (κ2) is 15.7. The Morgan fingerprint density at radius 1 is 0.860 bits per heavy atom. The van der Waals surface area contributed by atoms with Crippen LogP contribution in [0.4, 0.5) is 35.9 Å². The summed E-state index contributed by atoms with van der Waals surface area (Å²) in [4.78, 5) is 40.6. The molecular formula is C25H42F6N4O8. The van der Waals surface area contributed by atoms with Crippen molar-refractivity contribution in [2.24, 2.45) is 4.99 Å². The minimum Gasteiger partial charge on any atom is -0.444 e. The molecule has 0 aromatic carbocycles. The van der Waals surface area contributed by atoms with E-state index in [2.05, 4.69) is 25.7 Å². The molecule has 0 aliphatic carbocycles. The van der Waals surface area contributed by atoms with Gasteiger partial charge in [-0.3, -0.25) is 10.1 Å². The molecule has 0 aliphatic rings. The van der Waals surface area contributed by atoms with Crippen molar-refractivity contribution in [2.45, 2.75) is 116 Å². The minimum atomic E-state index is -5.80. The summed E-state index contributed by atoms with van der Waals surface area (Å²) in [6.07, 6.45) is -20.1. The van der Waals surface area contributed by atoms with Gasteiger partial charge in [0, 0.05) is 13.7 Å². The van der Waals surface area contributed by atoms with Crippen LogP contribution in [0.1, 0.15) is 68.2 Å². The summed E-state index contributed by atoms with van der Waals surface area (Å²) in [5, 5.41) is 17.6. The van der Waals surface area contributed by atoms with Gasteiger partial charge in [0.25, 0.3) is 5.91 Å². The molecule has 0 fully saturated rings. The van der Waals surface area contributed by atoms with Crippen LogP contribution in [-0.4, -0.2) is 96.8 Å². The highest BCUT2D eigenvalue weighted by molar-refractivity contribution is 5.98. The number of aliphatic hydroxyl groups is 1. The Labute approximate surface area is 246 Å². The van der Waals surface area contributed by atoms with Gasteiger partial charge in [0.2, 0.25) is 12.1 Å². The number of amides is 3. The van der Waals surface area contributed by atoms with Crippen LogP contribution in [0, 0.1) is 0 Å². The maximum Gasteiger partial charge on any atom is 0.437 e. The largest absolute Gasteiger partial charge is 0.444 e. The van der Waals surface area contributed by atoms with Crippen LogP contribution < -0.4 is 16.0 Å². The highest BCUT2D eigenvalue weighted by Crippen LogP contribution is 2.35. The lowest BCUT2D eigenvalue weighted by Gasteiger charge is -2.30. The number of rotatable bonds is 11. The lowest BCUT2D eigenvalue weighted by molar-refractivity contribution is -0.325. The number of carbonyl (C=O) groups excluding carboxylic acids is 3. The smallest absolute Gasteiger partial charge is 0.437 e. The lowest BCUT2D eigenvalue weighted by atomic mass is 10.0. The third-order valence-corrected chi connectivity index (χ3v) is 5.07. The molecule has 0 bridgehead atoms. The molecule has 0 heterocycles. The number of aliphatic imine (C=N–C) groups is 1. The van der Waals surface area contributed by atoms with E-state index in [0.29, 0.717) is 0 Å². The van der Waals surface area contributed by atoms with Crippen molar-refractivity contribution in [3.63, 3.8) is 0 Å². The van der Waals surface area contributed by atoms with Gasteiger partial charge in [0.15, 0.2) is 0 Å². The third kappa shape index (κ3) is 17.1. The van der Waals surface area contributed by atoms with Crippen molar-refractivity contribution in [2.75, 3.05) is 20.3 Å². The molecule has 0 radical (unpaired) electrons. The summed E-state index contributed by atoms with van der Waals surface area (Å²) in [5.41, 5.74) is -3.30. The van der Waals surface area contributed by atoms with Gasteiger partial charge in [-0.15, -0.1) is 4.99 Å². The van der Waals surface area contributed by atoms with Gasteiger partial charge in [0.1, 0.15) is 16.8 Å². The maximum absolute atomic E-state index is 12.9. The van der Waals surface area contributed by atoms with E-state index in [1.54, 1.807) is 41.5 Å². The minimum absolute atomic E-state index is 0.0271. The fourth-order valence-corrected chi connectivity index (χ4v) is 2.90. The predicted molar refractivity (Wildman–Crippen MR) is 141 cm³/mol. The average molecular weight is 641 g/mol. The molecule has 18 heteroatoms. The second-order valence-electron chi connectivity index (χ2n) is 11.8. The normalized spacial score (nSPS) is 15.0. The number of nitrogens with zero attached hydrogens (tertiary/aromatic N) is 1. The molecule has 0 aliphatic heterocycles. The van der Waals surface area contributed by atoms with E-state index < -0.39 is 78.1 Å². The van der Waals surface area contributed by atoms with Crippen LogP contribution in [0.3, 0.4) is 0 Å². The Bertz CT molecular complexity index is 945. The average Bonchev–Trinajstić information content (AvgIpc) is 2.76. The SMILES string of the molecule is COC(C)(C)C(=O)NC(CCCNC(=NC(=O)OC(C)(C)C)NC(=O)OC(C)(C)C)C(O)COC(C(F)(F)F)C(F)(F)F. The number of alkyl carbamates (subject to hydrolysis) is 1. The van der Waals surface area contributed by atoms with Crippen molar-refractivity contribution < 1.29 is 64.8 Å². The first-order chi connectivity index (χ1) is 19.2. The molecule has 0 spiro atoms. The van der Waals surface area contributed by atoms with Crippen LogP contribution in [0.5, 0.6) is 0 Å². The van der Waals surface area contributed by atoms with E-state index in [9.17, 15) is 45.8 Å². The van der Waals surface area contributed by atoms with E-state index in [1.807, 2.05) is 0 Å². The first-order valence-electron chi connectivity index (χ1n) is 13.0. The van der Waals surface area contributed by atoms with E-state index >= 15 is 0 Å². The Morgan fingerprint density at radius 2 is 1.37 bits per heavy atom. The molecule has 0 aromatic heterocycles. The molecule has 43 heavy (non-hydrogen) atoms. The van der Waals surface area contributed by atoms with E-state index in [0.717, 1.165) is 0 Å². The molecule has 2 unspecified atom stereocenters. The number of hydrogen-bond donors (Lipinski definition) is 4. The number of halogens is 6. The van der Waals surface area contributed by atoms with Crippen LogP contribution in [-0.2, 0) is 23.7 Å². The topological polar surface area (TPSA) is 157 Å². The number of alkyl halides is 6. The van der Waals surface area contributed by atoms with Gasteiger partial charge < -0.3 is 34.7 Å². The monoisotopic (exact) mass is 640 g/mol. The first-order valence-corrected chi connectivity index (χ1v) is 13.0. The fourth-order valence-electron chi connectivity index (χ4n) is 2.90. The summed E-state index contributed by atoms with van der Waals surface area (Å²) < 4.78 is 96.4. The summed E-state index contributed by atoms with van der Waals surface area (Å²) >= 11 is 0. The first kappa shape index (κ1) is 40.1. The Kier molecular flexibility index (Phi) is 14.7. The zero-order valence-corrected chi connectivity index (χ0v) is 25.6. The van der Waals surface area contributed by atoms with Crippen molar-refractivity contribution in [3.05, 3.63) is 0 Å². The predicted octanol–water partition coefficient (Wildman–Crippen LogP) is 3.95. The molecule has 252 valence electrons. The summed E-state index contributed by atoms with van der Waals surface area (Å²) in [6.45, 7) is 10.6. The fraction of sp³-hybridized carbons (Fsp3) is 0.840. The van der Waals surface area contributed by atoms with Gasteiger partial charge in [0.05, 0.1) is 18.8 Å². The molecular weight excluding hydrogens is 598 g/mol. The Balaban J connectivity index is 5.72. The van der Waals surface area contributed by atoms with Gasteiger partial charge >= 0.3 is 24.5 Å². The zero-order valence-electron chi connectivity index (χ0n) is 25.6. The summed E-state index contributed by atoms with van der Waals surface area (Å²) in [6, 6.07) is -1.41. The molecule has 3 amide bonds. The van der Waals surface area contributed by atoms with Gasteiger partial charge in [-0.25, -0.2) is 9.59 Å². The summed E-state index contributed by atoms with van der Waals surface area (Å²) in [7, 11) is 1.19. The highest BCUT2D eigenvalue weighted by atomic mass is 19.4. The van der Waals surface area contributed by atoms with Gasteiger partial charge in [-0.05, 0) is 68.2 Å². The number of aliphatic hydroxyl groups excluding tert-OH is 1. The van der Waals surface area contributed by atoms with Crippen LogP contribution >= 0.6 is 0 Å². The van der Waals surface area contributed by atoms with Crippen LogP contribution in [0.15, 0.2) is 4.99 Å². The Morgan fingerprint density at radius 3 is 1.81 bits per heavy atom. The van der Waals surface area contributed by atoms with Crippen LogP contribution in [0.25, 0.3) is 0 Å². The molecule has 0 saturated heterocycles. The zero-order chi connectivity index (χ0) is 34.0. The number of carbonyl (C=O) groups is 3. The third-order valence-electron chi connectivity index (χ3n) is 5.07. The molecule has 12 nitrogen and oxygen atoms in total. The number of ether oxygens (including phenoxy) is 4. The second-order valence-corrected chi connectivity index (χ2v) is 11.8. The lowest BCUT2D eigenvalue weighted by Crippen LogP contribution is -2.54. The van der Waals surface area contributed by atoms with E-state index in [-0.39, 0.29) is 19.4 Å². The quantitative estimate of drug-likeness (QED) is 0.114. The van der Waals surface area contributed by atoms with Crippen molar-refractivity contribution >= 4 is 24.1 Å².